The number of carboxylic acids is 1. The molecule has 0 aliphatic carbocycles. The molecule has 1 aromatic carbocycles. The second-order valence-corrected chi connectivity index (χ2v) is 3.87. The molecule has 0 heterocycles. The van der Waals surface area contributed by atoms with Gasteiger partial charge in [-0.3, -0.25) is 0 Å². The van der Waals surface area contributed by atoms with E-state index < -0.39 is 17.8 Å². The summed E-state index contributed by atoms with van der Waals surface area (Å²) in [6, 6.07) is 3.44. The normalized spacial score (nSPS) is 12.5. The van der Waals surface area contributed by atoms with E-state index in [4.69, 9.17) is 0 Å². The van der Waals surface area contributed by atoms with Crippen molar-refractivity contribution in [1.82, 2.24) is 0 Å². The second-order valence-electron chi connectivity index (χ2n) is 2.96. The van der Waals surface area contributed by atoms with Gasteiger partial charge in [0.15, 0.2) is 0 Å². The van der Waals surface area contributed by atoms with Crippen LogP contribution in [0.25, 0.3) is 0 Å². The molecule has 1 aromatic rings. The number of carbonyl (C=O) groups is 1. The summed E-state index contributed by atoms with van der Waals surface area (Å²) in [5.41, 5.74) is 3.68. The molecule has 76 valence electrons. The molecule has 1 atom stereocenters. The zero-order valence-electron chi connectivity index (χ0n) is 7.30. The molecule has 0 unspecified atom stereocenters. The summed E-state index contributed by atoms with van der Waals surface area (Å²) < 4.78 is 13.8. The van der Waals surface area contributed by atoms with Crippen LogP contribution in [0.5, 0.6) is 0 Å². The van der Waals surface area contributed by atoms with Gasteiger partial charge in [0, 0.05) is 10.9 Å². The number of benzene rings is 1. The Labute approximate surface area is 88.9 Å². The van der Waals surface area contributed by atoms with Gasteiger partial charge in [0.2, 0.25) is 0 Å². The zero-order chi connectivity index (χ0) is 10.7. The highest BCUT2D eigenvalue weighted by Gasteiger charge is 2.12. The highest BCUT2D eigenvalue weighted by molar-refractivity contribution is 9.10. The van der Waals surface area contributed by atoms with Gasteiger partial charge >= 0.3 is 0 Å². The van der Waals surface area contributed by atoms with Crippen LogP contribution in [0.4, 0.5) is 4.39 Å². The molecular weight excluding hydrogens is 253 g/mol. The number of rotatable bonds is 3. The van der Waals surface area contributed by atoms with Crippen molar-refractivity contribution in [3.05, 3.63) is 34.1 Å². The lowest BCUT2D eigenvalue weighted by molar-refractivity contribution is -0.437. The van der Waals surface area contributed by atoms with Gasteiger partial charge < -0.3 is 15.6 Å². The third-order valence-electron chi connectivity index (χ3n) is 1.81. The molecule has 0 fully saturated rings. The predicted molar refractivity (Wildman–Crippen MR) is 49.5 cm³/mol. The highest BCUT2D eigenvalue weighted by Crippen LogP contribution is 2.16. The minimum atomic E-state index is -1.27. The Bertz CT molecular complexity index is 357. The molecule has 3 N–H and O–H groups in total. The summed E-state index contributed by atoms with van der Waals surface area (Å²) in [6.45, 7) is 0. The van der Waals surface area contributed by atoms with Crippen molar-refractivity contribution in [1.29, 1.82) is 0 Å². The molecule has 0 aliphatic heterocycles. The standard InChI is InChI=1S/C9H9BrFNO2/c10-6-1-2-7(11)5(3-6)4-8(12)9(13)14/h1-3,8H,4,12H2,(H,13,14)/t8-/m1/s1. The van der Waals surface area contributed by atoms with E-state index in [-0.39, 0.29) is 6.42 Å². The Hall–Kier alpha value is -0.940. The molecule has 1 rings (SSSR count). The maximum absolute atomic E-state index is 13.1. The fraction of sp³-hybridized carbons (Fsp3) is 0.222. The molecule has 5 heteroatoms. The summed E-state index contributed by atoms with van der Waals surface area (Å²) in [5.74, 6) is -1.70. The monoisotopic (exact) mass is 261 g/mol. The Morgan fingerprint density at radius 3 is 2.86 bits per heavy atom. The van der Waals surface area contributed by atoms with Gasteiger partial charge in [-0.25, -0.2) is 4.39 Å². The van der Waals surface area contributed by atoms with Crippen LogP contribution in [0, 0.1) is 5.82 Å². The average molecular weight is 262 g/mol. The van der Waals surface area contributed by atoms with E-state index in [0.717, 1.165) is 0 Å². The molecule has 0 saturated heterocycles. The molecule has 0 saturated carbocycles. The van der Waals surface area contributed by atoms with Crippen LogP contribution in [0.3, 0.4) is 0 Å². The third kappa shape index (κ3) is 2.78. The number of quaternary nitrogens is 1. The van der Waals surface area contributed by atoms with Crippen molar-refractivity contribution in [3.63, 3.8) is 0 Å². The first-order valence-corrected chi connectivity index (χ1v) is 4.78. The van der Waals surface area contributed by atoms with E-state index in [1.807, 2.05) is 0 Å². The SMILES string of the molecule is [NH3+][C@H](Cc1cc(Br)ccc1F)C(=O)[O-]. The lowest BCUT2D eigenvalue weighted by Gasteiger charge is -2.10. The molecule has 0 aliphatic rings. The van der Waals surface area contributed by atoms with Crippen molar-refractivity contribution < 1.29 is 20.0 Å². The van der Waals surface area contributed by atoms with Crippen LogP contribution >= 0.6 is 15.9 Å². The third-order valence-corrected chi connectivity index (χ3v) is 2.30. The van der Waals surface area contributed by atoms with Crippen molar-refractivity contribution in [2.45, 2.75) is 12.5 Å². The van der Waals surface area contributed by atoms with Gasteiger partial charge in [0.05, 0.1) is 5.97 Å². The summed E-state index contributed by atoms with van der Waals surface area (Å²) >= 11 is 3.17. The summed E-state index contributed by atoms with van der Waals surface area (Å²) in [5, 5.41) is 10.4. The topological polar surface area (TPSA) is 67.8 Å². The predicted octanol–water partition coefficient (Wildman–Crippen LogP) is -0.509. The van der Waals surface area contributed by atoms with Gasteiger partial charge in [-0.15, -0.1) is 0 Å². The van der Waals surface area contributed by atoms with E-state index >= 15 is 0 Å². The molecular formula is C9H9BrFNO2. The van der Waals surface area contributed by atoms with E-state index in [0.29, 0.717) is 10.0 Å². The van der Waals surface area contributed by atoms with Crippen LogP contribution < -0.4 is 10.8 Å². The first-order chi connectivity index (χ1) is 6.50. The van der Waals surface area contributed by atoms with Crippen LogP contribution in [-0.4, -0.2) is 12.0 Å². The Kier molecular flexibility index (Phi) is 3.60. The molecule has 0 aromatic heterocycles. The van der Waals surface area contributed by atoms with E-state index in [1.165, 1.54) is 12.1 Å². The molecule has 0 radical (unpaired) electrons. The Morgan fingerprint density at radius 2 is 2.29 bits per heavy atom. The molecule has 0 spiro atoms. The lowest BCUT2D eigenvalue weighted by atomic mass is 10.1. The number of carboxylic acid groups (broad SMARTS) is 1. The number of carbonyl (C=O) groups excluding carboxylic acids is 1. The average Bonchev–Trinajstić information content (AvgIpc) is 2.11. The van der Waals surface area contributed by atoms with Gasteiger partial charge in [0.1, 0.15) is 11.9 Å². The summed E-state index contributed by atoms with van der Waals surface area (Å²) in [7, 11) is 0. The lowest BCUT2D eigenvalue weighted by Crippen LogP contribution is -2.69. The minimum Gasteiger partial charge on any atom is -0.544 e. The highest BCUT2D eigenvalue weighted by atomic mass is 79.9. The van der Waals surface area contributed by atoms with E-state index in [2.05, 4.69) is 21.7 Å². The fourth-order valence-electron chi connectivity index (χ4n) is 1.05. The Morgan fingerprint density at radius 1 is 1.64 bits per heavy atom. The maximum atomic E-state index is 13.1. The van der Waals surface area contributed by atoms with Gasteiger partial charge in [0.25, 0.3) is 0 Å². The number of aliphatic carboxylic acids is 1. The first kappa shape index (κ1) is 11.1. The van der Waals surface area contributed by atoms with Gasteiger partial charge in [-0.2, -0.15) is 0 Å². The van der Waals surface area contributed by atoms with Crippen LogP contribution in [0.15, 0.2) is 22.7 Å². The van der Waals surface area contributed by atoms with Gasteiger partial charge in [-0.1, -0.05) is 15.9 Å². The maximum Gasteiger partial charge on any atom is 0.129 e. The number of hydrogen-bond acceptors (Lipinski definition) is 2. The largest absolute Gasteiger partial charge is 0.544 e. The number of hydrogen-bond donors (Lipinski definition) is 1. The van der Waals surface area contributed by atoms with Crippen LogP contribution in [-0.2, 0) is 11.2 Å². The zero-order valence-corrected chi connectivity index (χ0v) is 8.88. The van der Waals surface area contributed by atoms with E-state index in [9.17, 15) is 14.3 Å². The van der Waals surface area contributed by atoms with Crippen molar-refractivity contribution >= 4 is 21.9 Å². The summed E-state index contributed by atoms with van der Waals surface area (Å²) in [4.78, 5) is 10.4. The second kappa shape index (κ2) is 4.52. The number of halogens is 2. The van der Waals surface area contributed by atoms with Crippen LogP contribution in [0.1, 0.15) is 5.56 Å². The first-order valence-electron chi connectivity index (χ1n) is 3.98. The van der Waals surface area contributed by atoms with Crippen molar-refractivity contribution in [2.24, 2.45) is 0 Å². The van der Waals surface area contributed by atoms with Crippen molar-refractivity contribution in [3.8, 4) is 0 Å². The Balaban J connectivity index is 2.85. The molecule has 14 heavy (non-hydrogen) atoms. The van der Waals surface area contributed by atoms with Crippen molar-refractivity contribution in [2.75, 3.05) is 0 Å². The van der Waals surface area contributed by atoms with Crippen LogP contribution in [0.2, 0.25) is 0 Å². The fourth-order valence-corrected chi connectivity index (χ4v) is 1.46. The smallest absolute Gasteiger partial charge is 0.129 e. The van der Waals surface area contributed by atoms with E-state index in [1.54, 1.807) is 6.07 Å². The molecule has 3 nitrogen and oxygen atoms in total. The molecule has 0 bridgehead atoms. The molecule has 0 amide bonds. The quantitative estimate of drug-likeness (QED) is 0.797. The van der Waals surface area contributed by atoms with Gasteiger partial charge in [-0.05, 0) is 23.8 Å². The summed E-state index contributed by atoms with van der Waals surface area (Å²) in [6.07, 6.45) is 0.0353. The minimum absolute atomic E-state index is 0.0353.